The van der Waals surface area contributed by atoms with Crippen LogP contribution in [0, 0.1) is 23.5 Å². The molecule has 1 N–H and O–H groups in total. The van der Waals surface area contributed by atoms with E-state index in [4.69, 9.17) is 5.26 Å². The predicted octanol–water partition coefficient (Wildman–Crippen LogP) is 1.82. The van der Waals surface area contributed by atoms with Crippen LogP contribution in [-0.4, -0.2) is 11.2 Å². The molecule has 0 radical (unpaired) electrons. The number of pyridine rings is 1. The number of fused-ring (bicyclic) bond motifs is 1. The van der Waals surface area contributed by atoms with Gasteiger partial charge in [-0.2, -0.15) is 5.26 Å². The van der Waals surface area contributed by atoms with E-state index in [9.17, 15) is 5.21 Å². The van der Waals surface area contributed by atoms with Crippen LogP contribution in [0.25, 0.3) is 6.08 Å². The first kappa shape index (κ1) is 13.1. The van der Waals surface area contributed by atoms with Gasteiger partial charge in [-0.05, 0) is 24.8 Å². The number of aryl methyl sites for hydroxylation is 1. The van der Waals surface area contributed by atoms with Crippen molar-refractivity contribution in [1.29, 1.82) is 5.26 Å². The SMILES string of the molecule is CCC1c2nc(SC)cc(C)c2C=C(C#N)[NH+]1[O-]. The molecule has 1 aromatic rings. The molecule has 94 valence electrons. The number of nitrogens with one attached hydrogen (secondary N) is 1. The average molecular weight is 261 g/mol. The van der Waals surface area contributed by atoms with Crippen LogP contribution in [-0.2, 0) is 0 Å². The molecule has 0 fully saturated rings. The first-order valence-corrected chi connectivity index (χ1v) is 7.06. The molecule has 2 heterocycles. The van der Waals surface area contributed by atoms with Crippen LogP contribution in [0.4, 0.5) is 0 Å². The summed E-state index contributed by atoms with van der Waals surface area (Å²) >= 11 is 1.57. The second-order valence-electron chi connectivity index (χ2n) is 4.28. The number of nitrogens with zero attached hydrogens (tertiary/aromatic N) is 2. The van der Waals surface area contributed by atoms with Crippen molar-refractivity contribution in [3.63, 3.8) is 0 Å². The van der Waals surface area contributed by atoms with Gasteiger partial charge in [0.05, 0.1) is 5.03 Å². The number of nitriles is 1. The van der Waals surface area contributed by atoms with Gasteiger partial charge in [0.25, 0.3) is 0 Å². The molecule has 2 atom stereocenters. The Hall–Kier alpha value is -1.35. The Morgan fingerprint density at radius 2 is 2.33 bits per heavy atom. The summed E-state index contributed by atoms with van der Waals surface area (Å²) in [4.78, 5) is 4.55. The van der Waals surface area contributed by atoms with Crippen molar-refractivity contribution in [2.75, 3.05) is 6.26 Å². The maximum Gasteiger partial charge on any atom is 0.210 e. The molecule has 0 saturated carbocycles. The summed E-state index contributed by atoms with van der Waals surface area (Å²) in [5.74, 6) is 0. The van der Waals surface area contributed by atoms with Crippen molar-refractivity contribution in [3.8, 4) is 6.07 Å². The molecule has 18 heavy (non-hydrogen) atoms. The average Bonchev–Trinajstić information content (AvgIpc) is 2.38. The number of quaternary nitrogens is 1. The topological polar surface area (TPSA) is 64.2 Å². The van der Waals surface area contributed by atoms with Crippen LogP contribution in [0.5, 0.6) is 0 Å². The highest BCUT2D eigenvalue weighted by Gasteiger charge is 2.30. The zero-order valence-corrected chi connectivity index (χ0v) is 11.5. The van der Waals surface area contributed by atoms with Crippen LogP contribution in [0.2, 0.25) is 0 Å². The highest BCUT2D eigenvalue weighted by molar-refractivity contribution is 7.98. The minimum atomic E-state index is -0.273. The third-order valence-electron chi connectivity index (χ3n) is 3.21. The zero-order valence-electron chi connectivity index (χ0n) is 10.7. The smallest absolute Gasteiger partial charge is 0.210 e. The summed E-state index contributed by atoms with van der Waals surface area (Å²) < 4.78 is 0. The quantitative estimate of drug-likeness (QED) is 0.651. The van der Waals surface area contributed by atoms with Crippen molar-refractivity contribution >= 4 is 17.8 Å². The molecule has 1 aliphatic heterocycles. The van der Waals surface area contributed by atoms with E-state index in [1.807, 2.05) is 32.2 Å². The van der Waals surface area contributed by atoms with Gasteiger partial charge in [0, 0.05) is 18.1 Å². The number of allylic oxidation sites excluding steroid dienone is 1. The largest absolute Gasteiger partial charge is 0.628 e. The lowest BCUT2D eigenvalue weighted by molar-refractivity contribution is -0.839. The van der Waals surface area contributed by atoms with Crippen molar-refractivity contribution in [2.24, 2.45) is 0 Å². The van der Waals surface area contributed by atoms with Crippen LogP contribution < -0.4 is 5.06 Å². The van der Waals surface area contributed by atoms with Gasteiger partial charge in [0.2, 0.25) is 5.70 Å². The Morgan fingerprint density at radius 3 is 2.89 bits per heavy atom. The van der Waals surface area contributed by atoms with Gasteiger partial charge < -0.3 is 10.3 Å². The Kier molecular flexibility index (Phi) is 3.71. The Morgan fingerprint density at radius 1 is 1.61 bits per heavy atom. The Balaban J connectivity index is 2.66. The van der Waals surface area contributed by atoms with Gasteiger partial charge in [-0.25, -0.2) is 4.98 Å². The second kappa shape index (κ2) is 5.11. The number of rotatable bonds is 2. The minimum absolute atomic E-state index is 0.0994. The van der Waals surface area contributed by atoms with E-state index in [1.54, 1.807) is 17.8 Å². The fourth-order valence-corrected chi connectivity index (χ4v) is 2.71. The standard InChI is InChI=1S/C13H15N3OS/c1-4-11-13-10(6-9(7-14)16(11)17)8(2)5-12(15-13)18-3/h5-6,11,16H,4H2,1-3H3. The summed E-state index contributed by atoms with van der Waals surface area (Å²) in [6.45, 7) is 3.95. The summed E-state index contributed by atoms with van der Waals surface area (Å²) in [7, 11) is 0. The third-order valence-corrected chi connectivity index (χ3v) is 3.84. The van der Waals surface area contributed by atoms with E-state index >= 15 is 0 Å². The minimum Gasteiger partial charge on any atom is -0.628 e. The molecule has 2 rings (SSSR count). The molecule has 1 aliphatic rings. The molecule has 4 nitrogen and oxygen atoms in total. The van der Waals surface area contributed by atoms with Crippen LogP contribution in [0.3, 0.4) is 0 Å². The molecule has 0 saturated heterocycles. The van der Waals surface area contributed by atoms with Crippen molar-refractivity contribution in [3.05, 3.63) is 33.8 Å². The summed E-state index contributed by atoms with van der Waals surface area (Å²) in [6, 6.07) is 3.72. The maximum atomic E-state index is 12.1. The number of aromatic nitrogens is 1. The van der Waals surface area contributed by atoms with Gasteiger partial charge in [0.1, 0.15) is 11.7 Å². The molecule has 0 aromatic carbocycles. The summed E-state index contributed by atoms with van der Waals surface area (Å²) in [5, 5.41) is 22.0. The molecule has 2 unspecified atom stereocenters. The molecule has 0 amide bonds. The number of thioether (sulfide) groups is 1. The molecular weight excluding hydrogens is 246 g/mol. The first-order valence-electron chi connectivity index (χ1n) is 5.83. The van der Waals surface area contributed by atoms with Crippen molar-refractivity contribution in [1.82, 2.24) is 4.98 Å². The zero-order chi connectivity index (χ0) is 13.3. The number of hydroxylamine groups is 2. The first-order chi connectivity index (χ1) is 8.62. The fraction of sp³-hybridized carbons (Fsp3) is 0.385. The van der Waals surface area contributed by atoms with Crippen LogP contribution in [0.15, 0.2) is 16.8 Å². The van der Waals surface area contributed by atoms with Gasteiger partial charge in [0.15, 0.2) is 6.07 Å². The van der Waals surface area contributed by atoms with E-state index in [0.717, 1.165) is 21.8 Å². The number of hydrogen-bond acceptors (Lipinski definition) is 4. The molecule has 0 spiro atoms. The molecule has 5 heteroatoms. The van der Waals surface area contributed by atoms with Crippen molar-refractivity contribution in [2.45, 2.75) is 31.3 Å². The lowest BCUT2D eigenvalue weighted by Crippen LogP contribution is -3.06. The normalized spacial score (nSPS) is 22.1. The van der Waals surface area contributed by atoms with Gasteiger partial charge in [-0.15, -0.1) is 11.8 Å². The molecule has 0 aliphatic carbocycles. The monoisotopic (exact) mass is 261 g/mol. The summed E-state index contributed by atoms with van der Waals surface area (Å²) in [5.41, 5.74) is 3.08. The van der Waals surface area contributed by atoms with E-state index in [1.165, 1.54) is 0 Å². The lowest BCUT2D eigenvalue weighted by Gasteiger charge is -2.33. The lowest BCUT2D eigenvalue weighted by atomic mass is 9.96. The third kappa shape index (κ3) is 2.03. The maximum absolute atomic E-state index is 12.1. The summed E-state index contributed by atoms with van der Waals surface area (Å²) in [6.07, 6.45) is 4.32. The second-order valence-corrected chi connectivity index (χ2v) is 5.10. The van der Waals surface area contributed by atoms with Gasteiger partial charge in [-0.1, -0.05) is 6.92 Å². The molecular formula is C13H15N3OS. The highest BCUT2D eigenvalue weighted by Crippen LogP contribution is 2.28. The Labute approximate surface area is 111 Å². The highest BCUT2D eigenvalue weighted by atomic mass is 32.2. The molecule has 0 bridgehead atoms. The van der Waals surface area contributed by atoms with Crippen LogP contribution in [0.1, 0.15) is 36.2 Å². The van der Waals surface area contributed by atoms with E-state index in [-0.39, 0.29) is 16.8 Å². The van der Waals surface area contributed by atoms with E-state index in [2.05, 4.69) is 4.98 Å². The van der Waals surface area contributed by atoms with Gasteiger partial charge >= 0.3 is 0 Å². The molecule has 1 aromatic heterocycles. The Bertz CT molecular complexity index is 548. The number of hydrogen-bond donors (Lipinski definition) is 1. The van der Waals surface area contributed by atoms with Crippen molar-refractivity contribution < 1.29 is 5.06 Å². The fourth-order valence-electron chi connectivity index (χ4n) is 2.23. The van der Waals surface area contributed by atoms with E-state index in [0.29, 0.717) is 6.42 Å². The van der Waals surface area contributed by atoms with Crippen LogP contribution >= 0.6 is 11.8 Å². The van der Waals surface area contributed by atoms with E-state index < -0.39 is 0 Å². The predicted molar refractivity (Wildman–Crippen MR) is 71.7 cm³/mol. The van der Waals surface area contributed by atoms with Gasteiger partial charge in [-0.3, -0.25) is 0 Å².